The van der Waals surface area contributed by atoms with Crippen molar-refractivity contribution in [3.63, 3.8) is 0 Å². The van der Waals surface area contributed by atoms with Gasteiger partial charge in [0.2, 0.25) is 0 Å². The molecule has 0 bridgehead atoms. The number of amides is 1. The number of rotatable bonds is 6. The number of nitrogens with zero attached hydrogens (tertiary/aromatic N) is 3. The minimum atomic E-state index is -3.14. The number of fused-ring (bicyclic) bond motifs is 1. The summed E-state index contributed by atoms with van der Waals surface area (Å²) in [6, 6.07) is 14.4. The fourth-order valence-electron chi connectivity index (χ4n) is 4.43. The van der Waals surface area contributed by atoms with Crippen molar-refractivity contribution >= 4 is 56.4 Å². The van der Waals surface area contributed by atoms with E-state index in [1.807, 2.05) is 42.7 Å². The zero-order valence-corrected chi connectivity index (χ0v) is 22.4. The molecule has 1 aliphatic heterocycles. The van der Waals surface area contributed by atoms with Crippen LogP contribution in [-0.2, 0) is 15.6 Å². The molecule has 0 spiro atoms. The lowest BCUT2D eigenvalue weighted by molar-refractivity contribution is 0.0942. The second kappa shape index (κ2) is 10.0. The van der Waals surface area contributed by atoms with Crippen LogP contribution in [-0.4, -0.2) is 52.7 Å². The van der Waals surface area contributed by atoms with Gasteiger partial charge in [0.15, 0.2) is 15.5 Å². The number of nitrogens with one attached hydrogen (secondary N) is 1. The third-order valence-electron chi connectivity index (χ3n) is 6.07. The lowest BCUT2D eigenvalue weighted by Gasteiger charge is -2.14. The molecule has 0 radical (unpaired) electrons. The second-order valence-corrected chi connectivity index (χ2v) is 12.5. The van der Waals surface area contributed by atoms with Crippen LogP contribution in [0.15, 0.2) is 54.7 Å². The number of sulfone groups is 1. The highest BCUT2D eigenvalue weighted by Gasteiger charge is 2.31. The van der Waals surface area contributed by atoms with Gasteiger partial charge >= 0.3 is 0 Å². The van der Waals surface area contributed by atoms with Crippen LogP contribution in [0.25, 0.3) is 28.0 Å². The molecule has 0 saturated carbocycles. The molecule has 4 aromatic rings. The molecule has 1 fully saturated rings. The van der Waals surface area contributed by atoms with Crippen LogP contribution in [0, 0.1) is 0 Å². The molecule has 2 aromatic carbocycles. The van der Waals surface area contributed by atoms with E-state index >= 15 is 0 Å². The molecule has 0 aliphatic carbocycles. The molecule has 1 amide bonds. The highest BCUT2D eigenvalue weighted by molar-refractivity contribution is 7.97. The van der Waals surface area contributed by atoms with Crippen LogP contribution in [0.1, 0.15) is 22.5 Å². The van der Waals surface area contributed by atoms with Crippen molar-refractivity contribution in [2.45, 2.75) is 18.2 Å². The first-order valence-electron chi connectivity index (χ1n) is 11.2. The number of carbonyl (C=O) groups is 1. The number of hydrogen-bond donors (Lipinski definition) is 1. The van der Waals surface area contributed by atoms with Gasteiger partial charge in [0.05, 0.1) is 22.9 Å². The Morgan fingerprint density at radius 3 is 2.56 bits per heavy atom. The molecule has 36 heavy (non-hydrogen) atoms. The van der Waals surface area contributed by atoms with Crippen LogP contribution in [0.3, 0.4) is 0 Å². The Hall–Kier alpha value is -2.59. The fraction of sp³-hybridized carbons (Fsp3) is 0.240. The Kier molecular flexibility index (Phi) is 7.00. The van der Waals surface area contributed by atoms with Crippen molar-refractivity contribution in [2.75, 3.05) is 17.8 Å². The SMILES string of the molecule is CSCc1nn2c(-c3ccc(Cl)cc3)c(-c3ccccc3Cl)cnc2c1C(=O)N[C@@H]1CCS(=O)(=O)C1. The molecule has 2 aromatic heterocycles. The summed E-state index contributed by atoms with van der Waals surface area (Å²) in [5.41, 5.74) is 4.38. The Labute approximate surface area is 223 Å². The Bertz CT molecular complexity index is 1570. The molecule has 11 heteroatoms. The van der Waals surface area contributed by atoms with Gasteiger partial charge in [-0.1, -0.05) is 53.5 Å². The molecule has 7 nitrogen and oxygen atoms in total. The predicted octanol–water partition coefficient (Wildman–Crippen LogP) is 5.15. The maximum atomic E-state index is 13.4. The van der Waals surface area contributed by atoms with Gasteiger partial charge in [-0.15, -0.1) is 0 Å². The largest absolute Gasteiger partial charge is 0.348 e. The Balaban J connectivity index is 1.71. The topological polar surface area (TPSA) is 93.4 Å². The smallest absolute Gasteiger partial charge is 0.257 e. The van der Waals surface area contributed by atoms with Crippen LogP contribution in [0.2, 0.25) is 10.0 Å². The third kappa shape index (κ3) is 4.85. The first-order chi connectivity index (χ1) is 17.3. The van der Waals surface area contributed by atoms with E-state index in [9.17, 15) is 13.2 Å². The number of thioether (sulfide) groups is 1. The van der Waals surface area contributed by atoms with E-state index in [2.05, 4.69) is 10.3 Å². The molecular weight excluding hydrogens is 539 g/mol. The summed E-state index contributed by atoms with van der Waals surface area (Å²) in [5, 5.41) is 8.87. The Morgan fingerprint density at radius 1 is 1.14 bits per heavy atom. The summed E-state index contributed by atoms with van der Waals surface area (Å²) in [4.78, 5) is 18.1. The van der Waals surface area contributed by atoms with Crippen molar-refractivity contribution in [1.29, 1.82) is 0 Å². The fourth-order valence-corrected chi connectivity index (χ4v) is 6.94. The highest BCUT2D eigenvalue weighted by atomic mass is 35.5. The minimum Gasteiger partial charge on any atom is -0.348 e. The lowest BCUT2D eigenvalue weighted by Crippen LogP contribution is -2.36. The summed E-state index contributed by atoms with van der Waals surface area (Å²) in [6.07, 6.45) is 4.02. The summed E-state index contributed by atoms with van der Waals surface area (Å²) in [5.74, 6) is 0.119. The molecule has 186 valence electrons. The van der Waals surface area contributed by atoms with Gasteiger partial charge in [0, 0.05) is 44.7 Å². The quantitative estimate of drug-likeness (QED) is 0.350. The van der Waals surface area contributed by atoms with Gasteiger partial charge in [-0.25, -0.2) is 17.9 Å². The normalized spacial score (nSPS) is 16.9. The van der Waals surface area contributed by atoms with Crippen molar-refractivity contribution < 1.29 is 13.2 Å². The van der Waals surface area contributed by atoms with Crippen molar-refractivity contribution in [2.24, 2.45) is 0 Å². The second-order valence-electron chi connectivity index (χ2n) is 8.57. The summed E-state index contributed by atoms with van der Waals surface area (Å²) < 4.78 is 25.5. The Morgan fingerprint density at radius 2 is 1.89 bits per heavy atom. The number of halogens is 2. The zero-order valence-electron chi connectivity index (χ0n) is 19.2. The van der Waals surface area contributed by atoms with Crippen LogP contribution in [0.4, 0.5) is 0 Å². The molecule has 1 atom stereocenters. The van der Waals surface area contributed by atoms with Gasteiger partial charge in [-0.3, -0.25) is 4.79 Å². The minimum absolute atomic E-state index is 0.0596. The molecule has 1 aliphatic rings. The average Bonchev–Trinajstić information content (AvgIpc) is 3.38. The van der Waals surface area contributed by atoms with Crippen molar-refractivity contribution in [3.05, 3.63) is 76.0 Å². The number of hydrogen-bond acceptors (Lipinski definition) is 6. The average molecular weight is 562 g/mol. The molecule has 0 unspecified atom stereocenters. The summed E-state index contributed by atoms with van der Waals surface area (Å²) >= 11 is 14.2. The van der Waals surface area contributed by atoms with E-state index in [-0.39, 0.29) is 17.4 Å². The molecule has 1 saturated heterocycles. The number of aromatic nitrogens is 3. The predicted molar refractivity (Wildman–Crippen MR) is 146 cm³/mol. The standard InChI is InChI=1S/C25H22Cl2N4O3S2/c1-35-13-21-22(25(32)29-17-10-11-36(33,34)14-17)24-28-12-19(18-4-2-3-5-20(18)27)23(31(24)30-21)15-6-8-16(26)9-7-15/h2-9,12,17H,10-11,13-14H2,1H3,(H,29,32)/t17-/m1/s1. The number of carbonyl (C=O) groups excluding carboxylic acids is 1. The van der Waals surface area contributed by atoms with Crippen molar-refractivity contribution in [1.82, 2.24) is 19.9 Å². The molecule has 5 rings (SSSR count). The van der Waals surface area contributed by atoms with Gasteiger partial charge < -0.3 is 5.32 Å². The maximum absolute atomic E-state index is 13.4. The lowest BCUT2D eigenvalue weighted by atomic mass is 10.0. The van der Waals surface area contributed by atoms with Gasteiger partial charge in [0.25, 0.3) is 5.91 Å². The first kappa shape index (κ1) is 25.1. The number of benzene rings is 2. The first-order valence-corrected chi connectivity index (χ1v) is 15.2. The van der Waals surface area contributed by atoms with Crippen molar-refractivity contribution in [3.8, 4) is 22.4 Å². The van der Waals surface area contributed by atoms with E-state index in [1.54, 1.807) is 22.8 Å². The monoisotopic (exact) mass is 560 g/mol. The molecule has 1 N–H and O–H groups in total. The zero-order chi connectivity index (χ0) is 25.4. The van der Waals surface area contributed by atoms with E-state index in [0.717, 1.165) is 22.4 Å². The van der Waals surface area contributed by atoms with E-state index in [0.29, 0.717) is 39.1 Å². The maximum Gasteiger partial charge on any atom is 0.257 e. The van der Waals surface area contributed by atoms with Crippen LogP contribution < -0.4 is 5.32 Å². The molecular formula is C25H22Cl2N4O3S2. The highest BCUT2D eigenvalue weighted by Crippen LogP contribution is 2.37. The van der Waals surface area contributed by atoms with E-state index in [1.165, 1.54) is 11.8 Å². The summed E-state index contributed by atoms with van der Waals surface area (Å²) in [6.45, 7) is 0. The van der Waals surface area contributed by atoms with Gasteiger partial charge in [-0.05, 0) is 30.9 Å². The van der Waals surface area contributed by atoms with E-state index < -0.39 is 15.9 Å². The molecule has 3 heterocycles. The van der Waals surface area contributed by atoms with Gasteiger partial charge in [0.1, 0.15) is 5.56 Å². The summed E-state index contributed by atoms with van der Waals surface area (Å²) in [7, 11) is -3.14. The third-order valence-corrected chi connectivity index (χ3v) is 8.99. The van der Waals surface area contributed by atoms with E-state index in [4.69, 9.17) is 28.3 Å². The van der Waals surface area contributed by atoms with Crippen LogP contribution >= 0.6 is 35.0 Å². The van der Waals surface area contributed by atoms with Crippen LogP contribution in [0.5, 0.6) is 0 Å². The van der Waals surface area contributed by atoms with Gasteiger partial charge in [-0.2, -0.15) is 16.9 Å².